The van der Waals surface area contributed by atoms with Crippen molar-refractivity contribution in [2.24, 2.45) is 11.3 Å². The largest absolute Gasteiger partial charge is 0.298 e. The van der Waals surface area contributed by atoms with Crippen molar-refractivity contribution in [2.45, 2.75) is 86.0 Å². The maximum atomic E-state index is 12.9. The van der Waals surface area contributed by atoms with E-state index in [0.717, 1.165) is 51.4 Å². The van der Waals surface area contributed by atoms with Gasteiger partial charge in [0.05, 0.1) is 0 Å². The van der Waals surface area contributed by atoms with Crippen LogP contribution in [0.25, 0.3) is 0 Å². The van der Waals surface area contributed by atoms with Gasteiger partial charge < -0.3 is 0 Å². The summed E-state index contributed by atoms with van der Waals surface area (Å²) in [6.45, 7) is 11.1. The SMILES string of the molecule is CCCC1=C(CCC)[C@@](C)(CCC)C(=O)[C@H]1CCC. The summed E-state index contributed by atoms with van der Waals surface area (Å²) in [5, 5.41) is 0. The van der Waals surface area contributed by atoms with Crippen LogP contribution in [-0.4, -0.2) is 5.78 Å². The lowest BCUT2D eigenvalue weighted by Gasteiger charge is -2.27. The predicted molar refractivity (Wildman–Crippen MR) is 83.3 cm³/mol. The second kappa shape index (κ2) is 7.26. The first kappa shape index (κ1) is 16.5. The van der Waals surface area contributed by atoms with Gasteiger partial charge in [0.15, 0.2) is 0 Å². The Labute approximate surface area is 119 Å². The van der Waals surface area contributed by atoms with E-state index in [4.69, 9.17) is 0 Å². The molecule has 1 aliphatic carbocycles. The second-order valence-electron chi connectivity index (χ2n) is 6.29. The Morgan fingerprint density at radius 2 is 1.58 bits per heavy atom. The van der Waals surface area contributed by atoms with E-state index in [1.807, 2.05) is 0 Å². The van der Waals surface area contributed by atoms with E-state index >= 15 is 0 Å². The molecule has 19 heavy (non-hydrogen) atoms. The fraction of sp³-hybridized carbons (Fsp3) is 0.833. The van der Waals surface area contributed by atoms with Gasteiger partial charge in [0.2, 0.25) is 0 Å². The van der Waals surface area contributed by atoms with Crippen molar-refractivity contribution in [1.82, 2.24) is 0 Å². The number of ketones is 1. The highest BCUT2D eigenvalue weighted by Crippen LogP contribution is 2.50. The molecule has 0 aromatic heterocycles. The van der Waals surface area contributed by atoms with Crippen LogP contribution in [0.15, 0.2) is 11.1 Å². The number of Topliss-reactive ketones (excluding diaryl/α,β-unsaturated/α-hetero) is 1. The molecule has 0 aromatic carbocycles. The minimum absolute atomic E-state index is 0.144. The third-order valence-corrected chi connectivity index (χ3v) is 4.68. The predicted octanol–water partition coefficient (Wildman–Crippen LogP) is 5.69. The molecule has 0 amide bonds. The maximum absolute atomic E-state index is 12.9. The molecule has 1 rings (SSSR count). The Morgan fingerprint density at radius 3 is 2.05 bits per heavy atom. The van der Waals surface area contributed by atoms with E-state index in [1.165, 1.54) is 11.1 Å². The fourth-order valence-corrected chi connectivity index (χ4v) is 3.91. The van der Waals surface area contributed by atoms with Gasteiger partial charge in [-0.05, 0) is 32.6 Å². The molecule has 1 nitrogen and oxygen atoms in total. The number of hydrogen-bond donors (Lipinski definition) is 0. The van der Waals surface area contributed by atoms with Crippen molar-refractivity contribution in [1.29, 1.82) is 0 Å². The number of rotatable bonds is 8. The van der Waals surface area contributed by atoms with Gasteiger partial charge in [-0.15, -0.1) is 0 Å². The summed E-state index contributed by atoms with van der Waals surface area (Å²) in [7, 11) is 0. The maximum Gasteiger partial charge on any atom is 0.149 e. The van der Waals surface area contributed by atoms with E-state index in [0.29, 0.717) is 5.78 Å². The second-order valence-corrected chi connectivity index (χ2v) is 6.29. The summed E-state index contributed by atoms with van der Waals surface area (Å²) in [5.74, 6) is 0.770. The van der Waals surface area contributed by atoms with Gasteiger partial charge in [-0.2, -0.15) is 0 Å². The smallest absolute Gasteiger partial charge is 0.149 e. The summed E-state index contributed by atoms with van der Waals surface area (Å²) < 4.78 is 0. The first-order chi connectivity index (χ1) is 9.06. The Kier molecular flexibility index (Phi) is 6.29. The van der Waals surface area contributed by atoms with Crippen LogP contribution in [0.1, 0.15) is 86.0 Å². The average Bonchev–Trinajstić information content (AvgIpc) is 2.56. The molecule has 0 unspecified atom stereocenters. The topological polar surface area (TPSA) is 17.1 Å². The molecule has 0 aromatic rings. The molecule has 0 N–H and O–H groups in total. The third kappa shape index (κ3) is 3.12. The highest BCUT2D eigenvalue weighted by molar-refractivity contribution is 5.95. The standard InChI is InChI=1S/C18H32O/c1-6-10-14-15(11-7-2)17(19)18(5,13-9-4)16(14)12-8-3/h15H,6-13H2,1-5H3/t15-,18+/m0/s1. The lowest BCUT2D eigenvalue weighted by atomic mass is 9.75. The van der Waals surface area contributed by atoms with E-state index in [1.54, 1.807) is 0 Å². The summed E-state index contributed by atoms with van der Waals surface area (Å²) >= 11 is 0. The number of hydrogen-bond acceptors (Lipinski definition) is 1. The molecule has 0 fully saturated rings. The zero-order valence-electron chi connectivity index (χ0n) is 13.6. The summed E-state index contributed by atoms with van der Waals surface area (Å²) in [6, 6.07) is 0. The highest BCUT2D eigenvalue weighted by Gasteiger charge is 2.47. The minimum Gasteiger partial charge on any atom is -0.298 e. The van der Waals surface area contributed by atoms with Crippen molar-refractivity contribution in [2.75, 3.05) is 0 Å². The van der Waals surface area contributed by atoms with E-state index < -0.39 is 0 Å². The third-order valence-electron chi connectivity index (χ3n) is 4.68. The number of carbonyl (C=O) groups is 1. The number of carbonyl (C=O) groups excluding carboxylic acids is 1. The molecule has 0 bridgehead atoms. The van der Waals surface area contributed by atoms with Crippen LogP contribution < -0.4 is 0 Å². The Balaban J connectivity index is 3.20. The highest BCUT2D eigenvalue weighted by atomic mass is 16.1. The van der Waals surface area contributed by atoms with E-state index in [9.17, 15) is 4.79 Å². The zero-order chi connectivity index (χ0) is 14.5. The summed E-state index contributed by atoms with van der Waals surface area (Å²) in [4.78, 5) is 12.9. The molecule has 0 spiro atoms. The first-order valence-electron chi connectivity index (χ1n) is 8.33. The van der Waals surface area contributed by atoms with Gasteiger partial charge >= 0.3 is 0 Å². The van der Waals surface area contributed by atoms with Crippen molar-refractivity contribution >= 4 is 5.78 Å². The molecule has 110 valence electrons. The molecular formula is C18H32O. The van der Waals surface area contributed by atoms with Gasteiger partial charge in [0.25, 0.3) is 0 Å². The van der Waals surface area contributed by atoms with Gasteiger partial charge in [-0.25, -0.2) is 0 Å². The van der Waals surface area contributed by atoms with Crippen LogP contribution in [0.2, 0.25) is 0 Å². The van der Waals surface area contributed by atoms with Crippen molar-refractivity contribution in [3.63, 3.8) is 0 Å². The fourth-order valence-electron chi connectivity index (χ4n) is 3.91. The molecule has 0 saturated carbocycles. The Hall–Kier alpha value is -0.590. The lowest BCUT2D eigenvalue weighted by molar-refractivity contribution is -0.128. The molecule has 0 heterocycles. The first-order valence-corrected chi connectivity index (χ1v) is 8.33. The molecular weight excluding hydrogens is 232 g/mol. The summed E-state index contributed by atoms with van der Waals surface area (Å²) in [5.41, 5.74) is 2.89. The van der Waals surface area contributed by atoms with Crippen molar-refractivity contribution in [3.05, 3.63) is 11.1 Å². The van der Waals surface area contributed by atoms with E-state index in [-0.39, 0.29) is 11.3 Å². The molecule has 1 heteroatoms. The monoisotopic (exact) mass is 264 g/mol. The van der Waals surface area contributed by atoms with Gasteiger partial charge in [0.1, 0.15) is 5.78 Å². The molecule has 1 aliphatic rings. The van der Waals surface area contributed by atoms with Crippen LogP contribution >= 0.6 is 0 Å². The van der Waals surface area contributed by atoms with Crippen molar-refractivity contribution in [3.8, 4) is 0 Å². The molecule has 0 saturated heterocycles. The molecule has 0 radical (unpaired) electrons. The van der Waals surface area contributed by atoms with Crippen molar-refractivity contribution < 1.29 is 4.79 Å². The quantitative estimate of drug-likeness (QED) is 0.515. The Bertz CT molecular complexity index is 340. The lowest BCUT2D eigenvalue weighted by Crippen LogP contribution is -2.29. The van der Waals surface area contributed by atoms with Crippen LogP contribution in [0.4, 0.5) is 0 Å². The van der Waals surface area contributed by atoms with Crippen LogP contribution in [0, 0.1) is 11.3 Å². The summed E-state index contributed by atoms with van der Waals surface area (Å²) in [6.07, 6.45) is 8.89. The van der Waals surface area contributed by atoms with Crippen LogP contribution in [0.5, 0.6) is 0 Å². The average molecular weight is 264 g/mol. The van der Waals surface area contributed by atoms with E-state index in [2.05, 4.69) is 34.6 Å². The van der Waals surface area contributed by atoms with Crippen LogP contribution in [0.3, 0.4) is 0 Å². The van der Waals surface area contributed by atoms with Gasteiger partial charge in [-0.1, -0.05) is 64.5 Å². The van der Waals surface area contributed by atoms with Crippen LogP contribution in [-0.2, 0) is 4.79 Å². The molecule has 2 atom stereocenters. The number of allylic oxidation sites excluding steroid dienone is 2. The molecule has 0 aliphatic heterocycles. The van der Waals surface area contributed by atoms with Gasteiger partial charge in [0, 0.05) is 11.3 Å². The van der Waals surface area contributed by atoms with Gasteiger partial charge in [-0.3, -0.25) is 4.79 Å². The minimum atomic E-state index is -0.144. The Morgan fingerprint density at radius 1 is 0.947 bits per heavy atom. The normalized spacial score (nSPS) is 27.4. The zero-order valence-corrected chi connectivity index (χ0v) is 13.6.